The smallest absolute Gasteiger partial charge is 0.310 e. The molecule has 1 unspecified atom stereocenters. The lowest BCUT2D eigenvalue weighted by Crippen LogP contribution is -2.31. The number of rotatable bonds is 6. The van der Waals surface area contributed by atoms with Gasteiger partial charge in [0.15, 0.2) is 6.61 Å². The molecule has 0 fully saturated rings. The van der Waals surface area contributed by atoms with Crippen LogP contribution in [0.15, 0.2) is 59.1 Å². The van der Waals surface area contributed by atoms with E-state index in [0.717, 1.165) is 15.6 Å². The van der Waals surface area contributed by atoms with Crippen molar-refractivity contribution in [3.63, 3.8) is 0 Å². The van der Waals surface area contributed by atoms with E-state index >= 15 is 0 Å². The van der Waals surface area contributed by atoms with Crippen LogP contribution < -0.4 is 5.32 Å². The van der Waals surface area contributed by atoms with Gasteiger partial charge in [0.25, 0.3) is 5.91 Å². The molecule has 23 heavy (non-hydrogen) atoms. The third-order valence-electron chi connectivity index (χ3n) is 3.30. The summed E-state index contributed by atoms with van der Waals surface area (Å²) >= 11 is 3.33. The fraction of sp³-hybridized carbons (Fsp3) is 0.222. The van der Waals surface area contributed by atoms with Crippen LogP contribution >= 0.6 is 15.9 Å². The fourth-order valence-electron chi connectivity index (χ4n) is 2.07. The second kappa shape index (κ2) is 8.48. The van der Waals surface area contributed by atoms with Gasteiger partial charge in [0, 0.05) is 4.47 Å². The van der Waals surface area contributed by atoms with E-state index in [4.69, 9.17) is 4.74 Å². The van der Waals surface area contributed by atoms with E-state index in [9.17, 15) is 9.59 Å². The Hall–Kier alpha value is -2.14. The van der Waals surface area contributed by atoms with Crippen molar-refractivity contribution in [2.45, 2.75) is 19.4 Å². The third kappa shape index (κ3) is 5.87. The summed E-state index contributed by atoms with van der Waals surface area (Å²) in [5, 5.41) is 2.80. The Bertz CT molecular complexity index is 656. The maximum absolute atomic E-state index is 11.8. The van der Waals surface area contributed by atoms with Crippen molar-refractivity contribution >= 4 is 27.8 Å². The van der Waals surface area contributed by atoms with E-state index in [2.05, 4.69) is 21.2 Å². The van der Waals surface area contributed by atoms with Crippen LogP contribution in [-0.2, 0) is 20.7 Å². The Morgan fingerprint density at radius 3 is 2.39 bits per heavy atom. The van der Waals surface area contributed by atoms with Gasteiger partial charge >= 0.3 is 5.97 Å². The average molecular weight is 376 g/mol. The summed E-state index contributed by atoms with van der Waals surface area (Å²) in [4.78, 5) is 23.6. The number of amides is 1. The Kier molecular flexibility index (Phi) is 6.35. The second-order valence-corrected chi connectivity index (χ2v) is 6.08. The molecule has 0 aliphatic heterocycles. The Balaban J connectivity index is 1.75. The minimum atomic E-state index is -0.421. The van der Waals surface area contributed by atoms with Crippen molar-refractivity contribution in [3.8, 4) is 0 Å². The predicted molar refractivity (Wildman–Crippen MR) is 91.8 cm³/mol. The number of ether oxygens (including phenoxy) is 1. The second-order valence-electron chi connectivity index (χ2n) is 5.16. The molecule has 120 valence electrons. The highest BCUT2D eigenvalue weighted by atomic mass is 79.9. The molecular weight excluding hydrogens is 358 g/mol. The summed E-state index contributed by atoms with van der Waals surface area (Å²) in [5.74, 6) is -0.736. The zero-order chi connectivity index (χ0) is 16.7. The van der Waals surface area contributed by atoms with E-state index in [-0.39, 0.29) is 25.0 Å². The van der Waals surface area contributed by atoms with Crippen molar-refractivity contribution in [1.82, 2.24) is 5.32 Å². The maximum Gasteiger partial charge on any atom is 0.310 e. The topological polar surface area (TPSA) is 55.4 Å². The number of esters is 1. The number of halogens is 1. The zero-order valence-corrected chi connectivity index (χ0v) is 14.4. The molecule has 0 radical (unpaired) electrons. The lowest BCUT2D eigenvalue weighted by atomic mass is 10.1. The fourth-order valence-corrected chi connectivity index (χ4v) is 2.34. The number of carbonyl (C=O) groups is 2. The lowest BCUT2D eigenvalue weighted by molar-refractivity contribution is -0.148. The van der Waals surface area contributed by atoms with E-state index in [1.54, 1.807) is 0 Å². The minimum absolute atomic E-state index is 0.131. The zero-order valence-electron chi connectivity index (χ0n) is 12.8. The normalized spacial score (nSPS) is 11.6. The first kappa shape index (κ1) is 17.2. The predicted octanol–water partition coefficient (Wildman–Crippen LogP) is 3.41. The molecular formula is C18H18BrNO3. The number of hydrogen-bond acceptors (Lipinski definition) is 3. The Labute approximate surface area is 144 Å². The third-order valence-corrected chi connectivity index (χ3v) is 3.83. The van der Waals surface area contributed by atoms with Crippen LogP contribution in [0.1, 0.15) is 24.1 Å². The van der Waals surface area contributed by atoms with Crippen molar-refractivity contribution in [2.24, 2.45) is 0 Å². The van der Waals surface area contributed by atoms with E-state index in [1.807, 2.05) is 61.5 Å². The van der Waals surface area contributed by atoms with Crippen LogP contribution in [0.25, 0.3) is 0 Å². The molecule has 0 saturated carbocycles. The molecule has 4 nitrogen and oxygen atoms in total. The molecule has 1 atom stereocenters. The summed E-state index contributed by atoms with van der Waals surface area (Å²) in [6.45, 7) is 1.61. The molecule has 1 amide bonds. The standard InChI is InChI=1S/C18H18BrNO3/c1-13(15-5-3-2-4-6-15)20-17(21)12-23-18(22)11-14-7-9-16(19)10-8-14/h2-10,13H,11-12H2,1H3,(H,20,21). The first-order valence-electron chi connectivity index (χ1n) is 7.29. The van der Waals surface area contributed by atoms with Gasteiger partial charge in [-0.3, -0.25) is 9.59 Å². The first-order chi connectivity index (χ1) is 11.0. The SMILES string of the molecule is CC(NC(=O)COC(=O)Cc1ccc(Br)cc1)c1ccccc1. The summed E-state index contributed by atoms with van der Waals surface area (Å²) in [7, 11) is 0. The van der Waals surface area contributed by atoms with Crippen molar-refractivity contribution in [1.29, 1.82) is 0 Å². The first-order valence-corrected chi connectivity index (χ1v) is 8.08. The maximum atomic E-state index is 11.8. The molecule has 0 aliphatic carbocycles. The molecule has 2 aromatic carbocycles. The largest absolute Gasteiger partial charge is 0.455 e. The van der Waals surface area contributed by atoms with Crippen molar-refractivity contribution in [3.05, 3.63) is 70.2 Å². The highest BCUT2D eigenvalue weighted by Crippen LogP contribution is 2.12. The molecule has 2 rings (SSSR count). The molecule has 0 spiro atoms. The van der Waals surface area contributed by atoms with Crippen LogP contribution in [0.4, 0.5) is 0 Å². The Morgan fingerprint density at radius 1 is 1.09 bits per heavy atom. The van der Waals surface area contributed by atoms with Crippen molar-refractivity contribution in [2.75, 3.05) is 6.61 Å². The van der Waals surface area contributed by atoms with E-state index in [1.165, 1.54) is 0 Å². The quantitative estimate of drug-likeness (QED) is 0.787. The van der Waals surface area contributed by atoms with E-state index < -0.39 is 5.97 Å². The van der Waals surface area contributed by atoms with Crippen LogP contribution in [0.5, 0.6) is 0 Å². The van der Waals surface area contributed by atoms with Gasteiger partial charge in [-0.25, -0.2) is 0 Å². The highest BCUT2D eigenvalue weighted by Gasteiger charge is 2.12. The summed E-state index contributed by atoms with van der Waals surface area (Å²) < 4.78 is 5.96. The molecule has 0 aliphatic rings. The molecule has 1 N–H and O–H groups in total. The number of benzene rings is 2. The monoisotopic (exact) mass is 375 g/mol. The van der Waals surface area contributed by atoms with Gasteiger partial charge < -0.3 is 10.1 Å². The minimum Gasteiger partial charge on any atom is -0.455 e. The van der Waals surface area contributed by atoms with E-state index in [0.29, 0.717) is 0 Å². The summed E-state index contributed by atoms with van der Waals surface area (Å²) in [6, 6.07) is 16.9. The number of hydrogen-bond donors (Lipinski definition) is 1. The molecule has 0 heterocycles. The average Bonchev–Trinajstić information content (AvgIpc) is 2.56. The number of nitrogens with one attached hydrogen (secondary N) is 1. The van der Waals surface area contributed by atoms with Gasteiger partial charge in [0.2, 0.25) is 0 Å². The van der Waals surface area contributed by atoms with Gasteiger partial charge in [-0.2, -0.15) is 0 Å². The van der Waals surface area contributed by atoms with Crippen LogP contribution in [0, 0.1) is 0 Å². The molecule has 0 saturated heterocycles. The number of carbonyl (C=O) groups excluding carboxylic acids is 2. The molecule has 2 aromatic rings. The van der Waals surface area contributed by atoms with Crippen LogP contribution in [-0.4, -0.2) is 18.5 Å². The Morgan fingerprint density at radius 2 is 1.74 bits per heavy atom. The lowest BCUT2D eigenvalue weighted by Gasteiger charge is -2.14. The summed E-state index contributed by atoms with van der Waals surface area (Å²) in [6.07, 6.45) is 0.148. The van der Waals surface area contributed by atoms with Gasteiger partial charge in [-0.05, 0) is 30.2 Å². The highest BCUT2D eigenvalue weighted by molar-refractivity contribution is 9.10. The van der Waals surface area contributed by atoms with Gasteiger partial charge in [0.05, 0.1) is 12.5 Å². The van der Waals surface area contributed by atoms with Crippen LogP contribution in [0.2, 0.25) is 0 Å². The summed E-state index contributed by atoms with van der Waals surface area (Å²) in [5.41, 5.74) is 1.85. The van der Waals surface area contributed by atoms with Gasteiger partial charge in [-0.1, -0.05) is 58.4 Å². The molecule has 0 bridgehead atoms. The van der Waals surface area contributed by atoms with Gasteiger partial charge in [0.1, 0.15) is 0 Å². The van der Waals surface area contributed by atoms with Crippen LogP contribution in [0.3, 0.4) is 0 Å². The molecule has 0 aromatic heterocycles. The van der Waals surface area contributed by atoms with Gasteiger partial charge in [-0.15, -0.1) is 0 Å². The molecule has 5 heteroatoms. The van der Waals surface area contributed by atoms with Crippen molar-refractivity contribution < 1.29 is 14.3 Å².